The summed E-state index contributed by atoms with van der Waals surface area (Å²) >= 11 is 0. The Kier molecular flexibility index (Phi) is 9.15. The van der Waals surface area contributed by atoms with Crippen molar-refractivity contribution in [2.75, 3.05) is 14.2 Å². The van der Waals surface area contributed by atoms with E-state index in [1.54, 1.807) is 42.5 Å². The van der Waals surface area contributed by atoms with Crippen molar-refractivity contribution in [1.82, 2.24) is 0 Å². The van der Waals surface area contributed by atoms with E-state index < -0.39 is 18.0 Å². The third kappa shape index (κ3) is 6.49. The fourth-order valence-electron chi connectivity index (χ4n) is 3.36. The van der Waals surface area contributed by atoms with E-state index >= 15 is 0 Å². The Hall–Kier alpha value is -3.06. The molecule has 2 aromatic rings. The summed E-state index contributed by atoms with van der Waals surface area (Å²) in [5.74, 6) is 0.362. The molecule has 0 aromatic heterocycles. The number of hydrogen-bond acceptors (Lipinski definition) is 6. The lowest BCUT2D eigenvalue weighted by Crippen LogP contribution is -2.24. The number of rotatable bonds is 6. The molecular formula is C23H29NO6. The quantitative estimate of drug-likeness (QED) is 0.690. The number of hydrogen-bond donors (Lipinski definition) is 2. The number of aliphatic hydroxyl groups is 1. The maximum atomic E-state index is 12.4. The van der Waals surface area contributed by atoms with Gasteiger partial charge in [0, 0.05) is 0 Å². The number of carbonyl (C=O) groups excluding carboxylic acids is 2. The monoisotopic (exact) mass is 415 g/mol. The van der Waals surface area contributed by atoms with Gasteiger partial charge in [-0.05, 0) is 43.4 Å². The first-order valence-electron chi connectivity index (χ1n) is 9.92. The number of aliphatic hydroxyl groups excluding tert-OH is 1. The third-order valence-corrected chi connectivity index (χ3v) is 4.87. The minimum absolute atomic E-state index is 0.103. The zero-order valence-corrected chi connectivity index (χ0v) is 17.4. The Morgan fingerprint density at radius 2 is 1.63 bits per heavy atom. The number of nitrogens with two attached hydrogens (primary N) is 1. The number of primary amides is 1. The lowest BCUT2D eigenvalue weighted by atomic mass is 9.98. The fourth-order valence-corrected chi connectivity index (χ4v) is 3.36. The molecule has 1 aliphatic carbocycles. The van der Waals surface area contributed by atoms with Crippen LogP contribution in [0.5, 0.6) is 11.5 Å². The number of Topliss-reactive ketones (excluding diaryl/α,β-unsaturated/α-hetero) is 1. The molecule has 1 aliphatic rings. The van der Waals surface area contributed by atoms with Crippen LogP contribution >= 0.6 is 0 Å². The van der Waals surface area contributed by atoms with Crippen molar-refractivity contribution in [2.24, 2.45) is 5.73 Å². The van der Waals surface area contributed by atoms with Gasteiger partial charge in [-0.2, -0.15) is 0 Å². The van der Waals surface area contributed by atoms with Gasteiger partial charge in [-0.1, -0.05) is 42.8 Å². The van der Waals surface area contributed by atoms with Crippen LogP contribution in [0, 0.1) is 0 Å². The van der Waals surface area contributed by atoms with Gasteiger partial charge in [0.2, 0.25) is 0 Å². The van der Waals surface area contributed by atoms with E-state index in [9.17, 15) is 14.7 Å². The predicted molar refractivity (Wildman–Crippen MR) is 113 cm³/mol. The first kappa shape index (κ1) is 23.2. The van der Waals surface area contributed by atoms with Crippen molar-refractivity contribution < 1.29 is 28.9 Å². The lowest BCUT2D eigenvalue weighted by molar-refractivity contribution is 0.0743. The Morgan fingerprint density at radius 1 is 0.967 bits per heavy atom. The van der Waals surface area contributed by atoms with E-state index in [4.69, 9.17) is 19.9 Å². The van der Waals surface area contributed by atoms with E-state index in [1.165, 1.54) is 20.6 Å². The highest BCUT2D eigenvalue weighted by molar-refractivity contribution is 6.02. The van der Waals surface area contributed by atoms with Crippen LogP contribution in [-0.4, -0.2) is 37.3 Å². The maximum absolute atomic E-state index is 12.4. The summed E-state index contributed by atoms with van der Waals surface area (Å²) in [7, 11) is 2.96. The number of ketones is 1. The van der Waals surface area contributed by atoms with Gasteiger partial charge < -0.3 is 25.1 Å². The van der Waals surface area contributed by atoms with Crippen LogP contribution in [0.3, 0.4) is 0 Å². The summed E-state index contributed by atoms with van der Waals surface area (Å²) in [6, 6.07) is 13.8. The number of benzene rings is 2. The molecule has 1 unspecified atom stereocenters. The van der Waals surface area contributed by atoms with Gasteiger partial charge in [-0.15, -0.1) is 0 Å². The van der Waals surface area contributed by atoms with Crippen LogP contribution in [0.25, 0.3) is 0 Å². The zero-order chi connectivity index (χ0) is 21.9. The molecule has 0 radical (unpaired) electrons. The number of methoxy groups -OCH3 is 2. The molecule has 3 N–H and O–H groups in total. The summed E-state index contributed by atoms with van der Waals surface area (Å²) in [6.45, 7) is 0. The van der Waals surface area contributed by atoms with Crippen molar-refractivity contribution in [3.63, 3.8) is 0 Å². The fraction of sp³-hybridized carbons (Fsp3) is 0.391. The average molecular weight is 415 g/mol. The van der Waals surface area contributed by atoms with Crippen LogP contribution in [0.4, 0.5) is 4.79 Å². The van der Waals surface area contributed by atoms with Gasteiger partial charge in [0.15, 0.2) is 17.3 Å². The molecule has 162 valence electrons. The van der Waals surface area contributed by atoms with Gasteiger partial charge in [-0.3, -0.25) is 4.79 Å². The SMILES string of the molecule is COc1cccc(C(=O)C(O)c2ccccc2)c1OC.NC(=O)OC1CCCCC1. The number of para-hydroxylation sites is 1. The van der Waals surface area contributed by atoms with E-state index in [0.29, 0.717) is 22.6 Å². The minimum Gasteiger partial charge on any atom is -0.493 e. The molecule has 0 aliphatic heterocycles. The topological polar surface area (TPSA) is 108 Å². The second-order valence-corrected chi connectivity index (χ2v) is 6.92. The average Bonchev–Trinajstić information content (AvgIpc) is 2.78. The molecule has 1 fully saturated rings. The van der Waals surface area contributed by atoms with Gasteiger partial charge in [0.1, 0.15) is 12.2 Å². The molecule has 0 saturated heterocycles. The Bertz CT molecular complexity index is 818. The number of carbonyl (C=O) groups is 2. The Balaban J connectivity index is 0.000000269. The Morgan fingerprint density at radius 3 is 2.20 bits per heavy atom. The maximum Gasteiger partial charge on any atom is 0.404 e. The first-order chi connectivity index (χ1) is 14.5. The number of amides is 1. The highest BCUT2D eigenvalue weighted by Crippen LogP contribution is 2.33. The van der Waals surface area contributed by atoms with Crippen molar-refractivity contribution >= 4 is 11.9 Å². The van der Waals surface area contributed by atoms with Gasteiger partial charge in [0.05, 0.1) is 19.8 Å². The second kappa shape index (κ2) is 11.8. The number of ether oxygens (including phenoxy) is 3. The summed E-state index contributed by atoms with van der Waals surface area (Å²) in [5, 5.41) is 10.2. The molecule has 30 heavy (non-hydrogen) atoms. The predicted octanol–water partition coefficient (Wildman–Crippen LogP) is 4.03. The largest absolute Gasteiger partial charge is 0.493 e. The zero-order valence-electron chi connectivity index (χ0n) is 17.4. The summed E-state index contributed by atoms with van der Waals surface area (Å²) in [4.78, 5) is 22.7. The smallest absolute Gasteiger partial charge is 0.404 e. The summed E-state index contributed by atoms with van der Waals surface area (Å²) < 4.78 is 15.2. The highest BCUT2D eigenvalue weighted by Gasteiger charge is 2.24. The van der Waals surface area contributed by atoms with Crippen molar-refractivity contribution in [1.29, 1.82) is 0 Å². The second-order valence-electron chi connectivity index (χ2n) is 6.92. The van der Waals surface area contributed by atoms with E-state index in [-0.39, 0.29) is 6.10 Å². The van der Waals surface area contributed by atoms with Crippen LogP contribution < -0.4 is 15.2 Å². The van der Waals surface area contributed by atoms with Crippen LogP contribution in [0.1, 0.15) is 54.1 Å². The van der Waals surface area contributed by atoms with Crippen LogP contribution in [0.2, 0.25) is 0 Å². The molecule has 0 bridgehead atoms. The van der Waals surface area contributed by atoms with E-state index in [0.717, 1.165) is 25.7 Å². The van der Waals surface area contributed by atoms with Crippen LogP contribution in [0.15, 0.2) is 48.5 Å². The highest BCUT2D eigenvalue weighted by atomic mass is 16.6. The molecule has 1 saturated carbocycles. The Labute approximate surface area is 176 Å². The summed E-state index contributed by atoms with van der Waals surface area (Å²) in [6.07, 6.45) is 3.82. The van der Waals surface area contributed by atoms with Crippen LogP contribution in [-0.2, 0) is 4.74 Å². The van der Waals surface area contributed by atoms with E-state index in [2.05, 4.69) is 0 Å². The molecule has 7 nitrogen and oxygen atoms in total. The van der Waals surface area contributed by atoms with Crippen molar-refractivity contribution in [3.8, 4) is 11.5 Å². The molecule has 0 heterocycles. The van der Waals surface area contributed by atoms with E-state index in [1.807, 2.05) is 6.07 Å². The van der Waals surface area contributed by atoms with Crippen molar-refractivity contribution in [2.45, 2.75) is 44.3 Å². The lowest BCUT2D eigenvalue weighted by Gasteiger charge is -2.20. The molecular weight excluding hydrogens is 386 g/mol. The molecule has 2 aromatic carbocycles. The molecule has 3 rings (SSSR count). The van der Waals surface area contributed by atoms with Gasteiger partial charge >= 0.3 is 6.09 Å². The molecule has 1 amide bonds. The molecule has 1 atom stereocenters. The third-order valence-electron chi connectivity index (χ3n) is 4.87. The normalized spacial score (nSPS) is 14.6. The summed E-state index contributed by atoms with van der Waals surface area (Å²) in [5.41, 5.74) is 5.70. The van der Waals surface area contributed by atoms with Crippen molar-refractivity contribution in [3.05, 3.63) is 59.7 Å². The standard InChI is InChI=1S/C16H16O4.C7H13NO2/c1-19-13-10-6-9-12(16(13)20-2)15(18)14(17)11-7-4-3-5-8-11;8-7(9)10-6-4-2-1-3-5-6/h3-10,14,17H,1-2H3;6H,1-5H2,(H2,8,9). The van der Waals surface area contributed by atoms with Gasteiger partial charge in [0.25, 0.3) is 0 Å². The first-order valence-corrected chi connectivity index (χ1v) is 9.92. The molecule has 7 heteroatoms. The molecule has 0 spiro atoms. The van der Waals surface area contributed by atoms with Gasteiger partial charge in [-0.25, -0.2) is 4.79 Å². The minimum atomic E-state index is -1.22.